The molecule has 0 bridgehead atoms. The van der Waals surface area contributed by atoms with Crippen LogP contribution in [0, 0.1) is 5.92 Å². The normalized spacial score (nSPS) is 10.6. The summed E-state index contributed by atoms with van der Waals surface area (Å²) in [7, 11) is 1.56. The highest BCUT2D eigenvalue weighted by Crippen LogP contribution is 2.25. The van der Waals surface area contributed by atoms with Crippen LogP contribution in [-0.4, -0.2) is 36.9 Å². The van der Waals surface area contributed by atoms with E-state index in [-0.39, 0.29) is 24.3 Å². The van der Waals surface area contributed by atoms with E-state index in [4.69, 9.17) is 27.9 Å². The van der Waals surface area contributed by atoms with Crippen molar-refractivity contribution in [2.45, 2.75) is 13.8 Å². The van der Waals surface area contributed by atoms with Crippen LogP contribution in [0.3, 0.4) is 0 Å². The Morgan fingerprint density at radius 3 is 2.30 bits per heavy atom. The molecule has 2 aromatic carbocycles. The minimum atomic E-state index is -0.309. The lowest BCUT2D eigenvalue weighted by atomic mass is 10.1. The summed E-state index contributed by atoms with van der Waals surface area (Å²) in [5.41, 5.74) is 1.02. The molecule has 0 saturated carbocycles. The van der Waals surface area contributed by atoms with E-state index in [0.29, 0.717) is 33.6 Å². The molecule has 0 heterocycles. The molecule has 0 fully saturated rings. The van der Waals surface area contributed by atoms with Crippen LogP contribution in [0.4, 0.5) is 5.69 Å². The molecule has 2 rings (SSSR count). The molecule has 1 N–H and O–H groups in total. The summed E-state index contributed by atoms with van der Waals surface area (Å²) in [6, 6.07) is 11.6. The van der Waals surface area contributed by atoms with Crippen LogP contribution in [0.1, 0.15) is 24.2 Å². The number of nitrogens with one attached hydrogen (secondary N) is 1. The summed E-state index contributed by atoms with van der Waals surface area (Å²) in [5, 5.41) is 3.50. The van der Waals surface area contributed by atoms with Crippen molar-refractivity contribution in [3.05, 3.63) is 58.1 Å². The monoisotopic (exact) mass is 408 g/mol. The summed E-state index contributed by atoms with van der Waals surface area (Å²) in [6.07, 6.45) is 0. The fourth-order valence-corrected chi connectivity index (χ4v) is 2.82. The Kier molecular flexibility index (Phi) is 7.51. The average Bonchev–Trinajstić information content (AvgIpc) is 2.63. The topological polar surface area (TPSA) is 58.6 Å². The maximum absolute atomic E-state index is 12.8. The molecule has 0 aromatic heterocycles. The van der Waals surface area contributed by atoms with Gasteiger partial charge in [-0.1, -0.05) is 37.0 Å². The SMILES string of the molecule is COc1ccc(C(=O)N(CC(=O)Nc2ccc(Cl)c(Cl)c2)CC(C)C)cc1. The average molecular weight is 409 g/mol. The van der Waals surface area contributed by atoms with E-state index in [2.05, 4.69) is 5.32 Å². The van der Waals surface area contributed by atoms with Crippen LogP contribution >= 0.6 is 23.2 Å². The summed E-state index contributed by atoms with van der Waals surface area (Å²) in [4.78, 5) is 26.8. The third-order valence-electron chi connectivity index (χ3n) is 3.75. The number of benzene rings is 2. The Labute approximate surface area is 169 Å². The summed E-state index contributed by atoms with van der Waals surface area (Å²) < 4.78 is 5.11. The number of carbonyl (C=O) groups is 2. The van der Waals surface area contributed by atoms with Gasteiger partial charge in [0.1, 0.15) is 12.3 Å². The van der Waals surface area contributed by atoms with Crippen LogP contribution in [0.15, 0.2) is 42.5 Å². The lowest BCUT2D eigenvalue weighted by Gasteiger charge is -2.24. The smallest absolute Gasteiger partial charge is 0.254 e. The fraction of sp³-hybridized carbons (Fsp3) is 0.300. The number of methoxy groups -OCH3 is 1. The van der Waals surface area contributed by atoms with Crippen molar-refractivity contribution in [3.8, 4) is 5.75 Å². The molecule has 0 aliphatic carbocycles. The largest absolute Gasteiger partial charge is 0.497 e. The standard InChI is InChI=1S/C20H22Cl2N2O3/c1-13(2)11-24(20(26)14-4-7-16(27-3)8-5-14)12-19(25)23-15-6-9-17(21)18(22)10-15/h4-10,13H,11-12H2,1-3H3,(H,23,25). The van der Waals surface area contributed by atoms with Gasteiger partial charge in [0.15, 0.2) is 0 Å². The van der Waals surface area contributed by atoms with Gasteiger partial charge in [0, 0.05) is 17.8 Å². The molecule has 0 aliphatic rings. The molecular formula is C20H22Cl2N2O3. The molecule has 2 aromatic rings. The van der Waals surface area contributed by atoms with Crippen molar-refractivity contribution in [2.75, 3.05) is 25.5 Å². The van der Waals surface area contributed by atoms with E-state index in [9.17, 15) is 9.59 Å². The summed E-state index contributed by atoms with van der Waals surface area (Å²) in [5.74, 6) is 0.357. The van der Waals surface area contributed by atoms with Gasteiger partial charge >= 0.3 is 0 Å². The highest BCUT2D eigenvalue weighted by atomic mass is 35.5. The number of anilines is 1. The highest BCUT2D eigenvalue weighted by molar-refractivity contribution is 6.42. The Morgan fingerprint density at radius 1 is 1.07 bits per heavy atom. The van der Waals surface area contributed by atoms with Gasteiger partial charge in [0.25, 0.3) is 5.91 Å². The molecule has 5 nitrogen and oxygen atoms in total. The van der Waals surface area contributed by atoms with E-state index < -0.39 is 0 Å². The van der Waals surface area contributed by atoms with Gasteiger partial charge < -0.3 is 15.0 Å². The zero-order valence-electron chi connectivity index (χ0n) is 15.5. The molecule has 0 aliphatic heterocycles. The maximum Gasteiger partial charge on any atom is 0.254 e. The number of halogens is 2. The number of hydrogen-bond donors (Lipinski definition) is 1. The maximum atomic E-state index is 12.8. The molecule has 7 heteroatoms. The third kappa shape index (κ3) is 6.15. The van der Waals surface area contributed by atoms with Crippen LogP contribution in [0.5, 0.6) is 5.75 Å². The van der Waals surface area contributed by atoms with Crippen molar-refractivity contribution in [1.29, 1.82) is 0 Å². The van der Waals surface area contributed by atoms with E-state index >= 15 is 0 Å². The molecular weight excluding hydrogens is 387 g/mol. The minimum Gasteiger partial charge on any atom is -0.497 e. The van der Waals surface area contributed by atoms with E-state index in [1.54, 1.807) is 49.6 Å². The third-order valence-corrected chi connectivity index (χ3v) is 4.49. The van der Waals surface area contributed by atoms with E-state index in [1.165, 1.54) is 4.90 Å². The number of rotatable bonds is 7. The van der Waals surface area contributed by atoms with Crippen molar-refractivity contribution in [2.24, 2.45) is 5.92 Å². The molecule has 0 saturated heterocycles. The molecule has 0 atom stereocenters. The van der Waals surface area contributed by atoms with Gasteiger partial charge in [0.05, 0.1) is 17.2 Å². The minimum absolute atomic E-state index is 0.0662. The molecule has 144 valence electrons. The molecule has 0 unspecified atom stereocenters. The molecule has 0 radical (unpaired) electrons. The number of carbonyl (C=O) groups excluding carboxylic acids is 2. The lowest BCUT2D eigenvalue weighted by Crippen LogP contribution is -2.40. The first-order valence-corrected chi connectivity index (χ1v) is 9.24. The van der Waals surface area contributed by atoms with Gasteiger partial charge in [-0.2, -0.15) is 0 Å². The van der Waals surface area contributed by atoms with E-state index in [1.807, 2.05) is 13.8 Å². The second-order valence-corrected chi connectivity index (χ2v) is 7.30. The number of ether oxygens (including phenoxy) is 1. The summed E-state index contributed by atoms with van der Waals surface area (Å²) >= 11 is 11.9. The predicted octanol–water partition coefficient (Wildman–Crippen LogP) is 4.74. The van der Waals surface area contributed by atoms with Crippen molar-refractivity contribution in [3.63, 3.8) is 0 Å². The Bertz CT molecular complexity index is 807. The first-order valence-electron chi connectivity index (χ1n) is 8.48. The Hall–Kier alpha value is -2.24. The highest BCUT2D eigenvalue weighted by Gasteiger charge is 2.20. The first-order chi connectivity index (χ1) is 12.8. The van der Waals surface area contributed by atoms with Crippen molar-refractivity contribution in [1.82, 2.24) is 4.90 Å². The molecule has 2 amide bonds. The lowest BCUT2D eigenvalue weighted by molar-refractivity contribution is -0.117. The van der Waals surface area contributed by atoms with Crippen molar-refractivity contribution < 1.29 is 14.3 Å². The zero-order valence-corrected chi connectivity index (χ0v) is 17.0. The van der Waals surface area contributed by atoms with Gasteiger partial charge in [0.2, 0.25) is 5.91 Å². The number of hydrogen-bond acceptors (Lipinski definition) is 3. The number of nitrogens with zero attached hydrogens (tertiary/aromatic N) is 1. The number of amides is 2. The predicted molar refractivity (Wildman–Crippen MR) is 109 cm³/mol. The Morgan fingerprint density at radius 2 is 1.74 bits per heavy atom. The van der Waals surface area contributed by atoms with Crippen LogP contribution < -0.4 is 10.1 Å². The summed E-state index contributed by atoms with van der Waals surface area (Å²) in [6.45, 7) is 4.37. The molecule has 0 spiro atoms. The molecule has 27 heavy (non-hydrogen) atoms. The Balaban J connectivity index is 2.11. The van der Waals surface area contributed by atoms with Crippen LogP contribution in [0.25, 0.3) is 0 Å². The van der Waals surface area contributed by atoms with Gasteiger partial charge in [-0.05, 0) is 48.4 Å². The van der Waals surface area contributed by atoms with Crippen LogP contribution in [0.2, 0.25) is 10.0 Å². The van der Waals surface area contributed by atoms with Crippen LogP contribution in [-0.2, 0) is 4.79 Å². The quantitative estimate of drug-likeness (QED) is 0.719. The van der Waals surface area contributed by atoms with Gasteiger partial charge in [-0.25, -0.2) is 0 Å². The first kappa shape index (κ1) is 21.1. The van der Waals surface area contributed by atoms with Gasteiger partial charge in [-0.3, -0.25) is 9.59 Å². The second-order valence-electron chi connectivity index (χ2n) is 6.49. The van der Waals surface area contributed by atoms with Crippen molar-refractivity contribution >= 4 is 40.7 Å². The van der Waals surface area contributed by atoms with E-state index in [0.717, 1.165) is 0 Å². The second kappa shape index (κ2) is 9.62. The zero-order chi connectivity index (χ0) is 20.0. The fourth-order valence-electron chi connectivity index (χ4n) is 2.52. The van der Waals surface area contributed by atoms with Gasteiger partial charge in [-0.15, -0.1) is 0 Å².